The lowest BCUT2D eigenvalue weighted by molar-refractivity contribution is -0.140. The number of ether oxygens (including phenoxy) is 1. The van der Waals surface area contributed by atoms with Crippen molar-refractivity contribution in [1.82, 2.24) is 9.47 Å². The van der Waals surface area contributed by atoms with Crippen molar-refractivity contribution in [3.8, 4) is 5.69 Å². The third-order valence-electron chi connectivity index (χ3n) is 7.54. The summed E-state index contributed by atoms with van der Waals surface area (Å²) in [5, 5.41) is 4.72. The quantitative estimate of drug-likeness (QED) is 0.0912. The van der Waals surface area contributed by atoms with Gasteiger partial charge in [-0.1, -0.05) is 49.5 Å². The molecular weight excluding hydrogens is 506 g/mol. The van der Waals surface area contributed by atoms with Crippen molar-refractivity contribution in [2.45, 2.75) is 65.3 Å². The highest BCUT2D eigenvalue weighted by molar-refractivity contribution is 6.47. The molecule has 1 aliphatic heterocycles. The van der Waals surface area contributed by atoms with E-state index in [2.05, 4.69) is 17.0 Å². The fourth-order valence-electron chi connectivity index (χ4n) is 5.16. The molecule has 4 rings (SSSR count). The second kappa shape index (κ2) is 13.2. The molecule has 8 nitrogen and oxygen atoms in total. The molecule has 0 bridgehead atoms. The van der Waals surface area contributed by atoms with Gasteiger partial charge in [-0.15, -0.1) is 0 Å². The fraction of sp³-hybridized carbons (Fsp3) is 0.438. The number of aromatic nitrogens is 1. The number of fused-ring (bicyclic) bond motifs is 1. The molecule has 1 aromatic heterocycles. The van der Waals surface area contributed by atoms with Crippen LogP contribution >= 0.6 is 0 Å². The maximum atomic E-state index is 13.7. The number of Topliss-reactive ketones (excluding diaryl/α,β-unsaturated/α-hetero) is 2. The minimum absolute atomic E-state index is 0.0589. The molecule has 8 heteroatoms. The average Bonchev–Trinajstić information content (AvgIpc) is 3.36. The van der Waals surface area contributed by atoms with Gasteiger partial charge in [0.2, 0.25) is 5.78 Å². The zero-order valence-corrected chi connectivity index (χ0v) is 23.9. The Labute approximate surface area is 235 Å². The Morgan fingerprint density at radius 1 is 0.975 bits per heavy atom. The highest BCUT2D eigenvalue weighted by atomic mass is 16.7. The van der Waals surface area contributed by atoms with Crippen molar-refractivity contribution in [3.63, 3.8) is 0 Å². The predicted octanol–water partition coefficient (Wildman–Crippen LogP) is 6.00. The van der Waals surface area contributed by atoms with Crippen LogP contribution in [0.15, 0.2) is 59.9 Å². The van der Waals surface area contributed by atoms with E-state index in [4.69, 9.17) is 9.57 Å². The van der Waals surface area contributed by atoms with Gasteiger partial charge < -0.3 is 14.1 Å². The number of unbranched alkanes of at least 4 members (excludes halogenated alkanes) is 3. The first kappa shape index (κ1) is 29.4. The Balaban J connectivity index is 1.63. The summed E-state index contributed by atoms with van der Waals surface area (Å²) in [6.07, 6.45) is 6.13. The molecule has 212 valence electrons. The summed E-state index contributed by atoms with van der Waals surface area (Å²) in [4.78, 5) is 45.6. The third kappa shape index (κ3) is 6.57. The molecule has 2 heterocycles. The van der Waals surface area contributed by atoms with Gasteiger partial charge in [0, 0.05) is 48.4 Å². The first-order valence-corrected chi connectivity index (χ1v) is 14.1. The smallest absolute Gasteiger partial charge is 0.331 e. The lowest BCUT2D eigenvalue weighted by atomic mass is 9.91. The normalized spacial score (nSPS) is 14.8. The number of morpholine rings is 1. The van der Waals surface area contributed by atoms with Crippen LogP contribution in [-0.4, -0.2) is 64.6 Å². The Morgan fingerprint density at radius 2 is 1.68 bits per heavy atom. The van der Waals surface area contributed by atoms with Gasteiger partial charge in [0.1, 0.15) is 5.71 Å². The van der Waals surface area contributed by atoms with Crippen LogP contribution in [-0.2, 0) is 14.4 Å². The SMILES string of the molecule is CCCCCC/C(=N\OC(C)=O)C(=O)c1cn(-c2ccc(C(=O)C(C)(C)N3CCOCC3)cc2)c2ccccc12. The topological polar surface area (TPSA) is 90.2 Å². The number of carbonyl (C=O) groups excluding carboxylic acids is 3. The fourth-order valence-corrected chi connectivity index (χ4v) is 5.16. The van der Waals surface area contributed by atoms with Crippen LogP contribution in [0.2, 0.25) is 0 Å². The van der Waals surface area contributed by atoms with Crippen molar-refractivity contribution in [2.24, 2.45) is 5.16 Å². The molecule has 1 fully saturated rings. The maximum absolute atomic E-state index is 13.7. The molecule has 1 aliphatic rings. The largest absolute Gasteiger partial charge is 0.379 e. The molecule has 1 saturated heterocycles. The van der Waals surface area contributed by atoms with Gasteiger partial charge in [0.25, 0.3) is 0 Å². The van der Waals surface area contributed by atoms with Crippen molar-refractivity contribution < 1.29 is 24.0 Å². The van der Waals surface area contributed by atoms with E-state index in [1.807, 2.05) is 66.9 Å². The van der Waals surface area contributed by atoms with Gasteiger partial charge in [0.15, 0.2) is 5.78 Å². The van der Waals surface area contributed by atoms with E-state index in [0.29, 0.717) is 30.8 Å². The number of para-hydroxylation sites is 1. The van der Waals surface area contributed by atoms with E-state index in [1.54, 1.807) is 6.20 Å². The summed E-state index contributed by atoms with van der Waals surface area (Å²) in [6, 6.07) is 15.2. The zero-order chi connectivity index (χ0) is 28.7. The van der Waals surface area contributed by atoms with E-state index in [-0.39, 0.29) is 17.3 Å². The molecule has 0 amide bonds. The van der Waals surface area contributed by atoms with E-state index in [0.717, 1.165) is 55.4 Å². The molecule has 0 radical (unpaired) electrons. The molecular formula is C32H39N3O5. The molecule has 0 atom stereocenters. The van der Waals surface area contributed by atoms with Crippen LogP contribution in [0.25, 0.3) is 16.6 Å². The molecule has 0 aliphatic carbocycles. The number of hydrogen-bond acceptors (Lipinski definition) is 7. The monoisotopic (exact) mass is 545 g/mol. The van der Waals surface area contributed by atoms with Gasteiger partial charge in [-0.25, -0.2) is 4.79 Å². The molecule has 0 saturated carbocycles. The van der Waals surface area contributed by atoms with Crippen molar-refractivity contribution in [3.05, 3.63) is 65.9 Å². The standard InChI is InChI=1S/C32H39N3O5/c1-5-6-7-8-12-28(33-40-23(2)36)30(37)27-22-35(29-13-10-9-11-26(27)29)25-16-14-24(15-17-25)31(38)32(3,4)34-18-20-39-21-19-34/h9-11,13-17,22H,5-8,12,18-21H2,1-4H3/b33-28+. The summed E-state index contributed by atoms with van der Waals surface area (Å²) < 4.78 is 7.41. The Hall–Kier alpha value is -3.62. The molecule has 3 aromatic rings. The number of rotatable bonds is 12. The molecule has 0 unspecified atom stereocenters. The second-order valence-corrected chi connectivity index (χ2v) is 10.7. The summed E-state index contributed by atoms with van der Waals surface area (Å²) in [7, 11) is 0. The van der Waals surface area contributed by atoms with Crippen LogP contribution in [0.1, 0.15) is 80.5 Å². The van der Waals surface area contributed by atoms with Crippen molar-refractivity contribution in [1.29, 1.82) is 0 Å². The first-order valence-electron chi connectivity index (χ1n) is 14.1. The predicted molar refractivity (Wildman–Crippen MR) is 156 cm³/mol. The lowest BCUT2D eigenvalue weighted by Crippen LogP contribution is -2.54. The van der Waals surface area contributed by atoms with Gasteiger partial charge >= 0.3 is 5.97 Å². The summed E-state index contributed by atoms with van der Waals surface area (Å²) in [5.74, 6) is -0.761. The lowest BCUT2D eigenvalue weighted by Gasteiger charge is -2.39. The van der Waals surface area contributed by atoms with Crippen LogP contribution in [0, 0.1) is 0 Å². The Morgan fingerprint density at radius 3 is 2.35 bits per heavy atom. The number of hydrogen-bond donors (Lipinski definition) is 0. The van der Waals surface area contributed by atoms with Gasteiger partial charge in [-0.05, 0) is 57.0 Å². The zero-order valence-electron chi connectivity index (χ0n) is 23.9. The maximum Gasteiger partial charge on any atom is 0.331 e. The Bertz CT molecular complexity index is 1380. The number of nitrogens with zero attached hydrogens (tertiary/aromatic N) is 3. The van der Waals surface area contributed by atoms with Crippen LogP contribution in [0.3, 0.4) is 0 Å². The number of carbonyl (C=O) groups is 3. The number of oxime groups is 1. The summed E-state index contributed by atoms with van der Waals surface area (Å²) in [5.41, 5.74) is 2.41. The van der Waals surface area contributed by atoms with Crippen LogP contribution in [0.4, 0.5) is 0 Å². The third-order valence-corrected chi connectivity index (χ3v) is 7.54. The van der Waals surface area contributed by atoms with E-state index in [9.17, 15) is 14.4 Å². The summed E-state index contributed by atoms with van der Waals surface area (Å²) in [6.45, 7) is 10.0. The molecule has 0 spiro atoms. The minimum Gasteiger partial charge on any atom is -0.379 e. The van der Waals surface area contributed by atoms with Gasteiger partial charge in [-0.2, -0.15) is 0 Å². The summed E-state index contributed by atoms with van der Waals surface area (Å²) >= 11 is 0. The minimum atomic E-state index is -0.639. The molecule has 0 N–H and O–H groups in total. The Kier molecular flexibility index (Phi) is 9.66. The number of ketones is 2. The van der Waals surface area contributed by atoms with Crippen LogP contribution < -0.4 is 0 Å². The first-order chi connectivity index (χ1) is 19.2. The molecule has 2 aromatic carbocycles. The highest BCUT2D eigenvalue weighted by Crippen LogP contribution is 2.28. The van der Waals surface area contributed by atoms with E-state index in [1.165, 1.54) is 6.92 Å². The van der Waals surface area contributed by atoms with Crippen molar-refractivity contribution >= 4 is 34.2 Å². The van der Waals surface area contributed by atoms with E-state index >= 15 is 0 Å². The van der Waals surface area contributed by atoms with Gasteiger partial charge in [-0.3, -0.25) is 14.5 Å². The molecule has 40 heavy (non-hydrogen) atoms. The van der Waals surface area contributed by atoms with E-state index < -0.39 is 11.5 Å². The second-order valence-electron chi connectivity index (χ2n) is 10.7. The highest BCUT2D eigenvalue weighted by Gasteiger charge is 2.36. The van der Waals surface area contributed by atoms with Gasteiger partial charge in [0.05, 0.1) is 24.3 Å². The average molecular weight is 546 g/mol. The van der Waals surface area contributed by atoms with Crippen LogP contribution in [0.5, 0.6) is 0 Å². The number of benzene rings is 2. The van der Waals surface area contributed by atoms with Crippen molar-refractivity contribution in [2.75, 3.05) is 26.3 Å².